The number of rotatable bonds is 5. The molecule has 0 bridgehead atoms. The third-order valence-corrected chi connectivity index (χ3v) is 5.99. The van der Waals surface area contributed by atoms with Crippen molar-refractivity contribution in [3.05, 3.63) is 60.0 Å². The smallest absolute Gasteiger partial charge is 0.229 e. The zero-order chi connectivity index (χ0) is 21.4. The zero-order valence-electron chi connectivity index (χ0n) is 17.2. The molecule has 154 valence electrons. The lowest BCUT2D eigenvalue weighted by atomic mass is 10.2. The number of hydrogen-bond donors (Lipinski definition) is 2. The standard InChI is InChI=1S/C21H23N7OS/c1-13-5-6-15(11-19(13)30(22)29)25-21-23-10-9-20(26-21)28(4)16-7-8-18-17(12-16)24-14(2)27(18)3/h5-12H,22H2,1-4H3,(H,23,25,26). The van der Waals surface area contributed by atoms with Crippen molar-refractivity contribution in [3.63, 3.8) is 0 Å². The van der Waals surface area contributed by atoms with Crippen LogP contribution in [0, 0.1) is 13.8 Å². The number of hydrogen-bond acceptors (Lipinski definition) is 6. The fourth-order valence-corrected chi connectivity index (χ4v) is 3.90. The van der Waals surface area contributed by atoms with Crippen molar-refractivity contribution in [2.45, 2.75) is 18.7 Å². The van der Waals surface area contributed by atoms with Crippen LogP contribution in [-0.4, -0.2) is 30.8 Å². The van der Waals surface area contributed by atoms with Crippen LogP contribution < -0.4 is 15.4 Å². The summed E-state index contributed by atoms with van der Waals surface area (Å²) in [6, 6.07) is 13.5. The lowest BCUT2D eigenvalue weighted by Gasteiger charge is -2.19. The predicted molar refractivity (Wildman–Crippen MR) is 121 cm³/mol. The van der Waals surface area contributed by atoms with Crippen molar-refractivity contribution < 1.29 is 4.21 Å². The molecule has 0 aliphatic rings. The van der Waals surface area contributed by atoms with E-state index in [4.69, 9.17) is 5.14 Å². The van der Waals surface area contributed by atoms with Crippen LogP contribution in [0.5, 0.6) is 0 Å². The minimum atomic E-state index is -1.55. The highest BCUT2D eigenvalue weighted by atomic mass is 32.2. The summed E-state index contributed by atoms with van der Waals surface area (Å²) in [5, 5.41) is 8.71. The molecule has 2 heterocycles. The lowest BCUT2D eigenvalue weighted by Crippen LogP contribution is -2.12. The first-order valence-electron chi connectivity index (χ1n) is 9.37. The monoisotopic (exact) mass is 421 g/mol. The van der Waals surface area contributed by atoms with Crippen LogP contribution in [0.2, 0.25) is 0 Å². The lowest BCUT2D eigenvalue weighted by molar-refractivity contribution is 0.684. The van der Waals surface area contributed by atoms with E-state index in [1.807, 2.05) is 63.2 Å². The topological polar surface area (TPSA) is 102 Å². The molecular formula is C21H23N7OS. The van der Waals surface area contributed by atoms with Gasteiger partial charge in [-0.3, -0.25) is 0 Å². The van der Waals surface area contributed by atoms with Crippen molar-refractivity contribution in [2.75, 3.05) is 17.3 Å². The number of nitrogens with two attached hydrogens (primary N) is 1. The van der Waals surface area contributed by atoms with Crippen LogP contribution in [0.25, 0.3) is 11.0 Å². The summed E-state index contributed by atoms with van der Waals surface area (Å²) in [5.41, 5.74) is 4.59. The van der Waals surface area contributed by atoms with Crippen LogP contribution in [0.3, 0.4) is 0 Å². The molecule has 30 heavy (non-hydrogen) atoms. The number of nitrogens with one attached hydrogen (secondary N) is 1. The summed E-state index contributed by atoms with van der Waals surface area (Å²) in [7, 11) is 2.40. The summed E-state index contributed by atoms with van der Waals surface area (Å²) in [6.45, 7) is 3.86. The second-order valence-corrected chi connectivity index (χ2v) is 8.13. The highest BCUT2D eigenvalue weighted by molar-refractivity contribution is 7.82. The quantitative estimate of drug-likeness (QED) is 0.512. The molecule has 2 aromatic carbocycles. The van der Waals surface area contributed by atoms with Gasteiger partial charge in [0.15, 0.2) is 0 Å². The number of imidazole rings is 1. The van der Waals surface area contributed by atoms with Gasteiger partial charge in [-0.15, -0.1) is 0 Å². The molecule has 0 spiro atoms. The van der Waals surface area contributed by atoms with Crippen molar-refractivity contribution in [2.24, 2.45) is 12.2 Å². The minimum absolute atomic E-state index is 0.437. The molecule has 2 aromatic heterocycles. The highest BCUT2D eigenvalue weighted by Crippen LogP contribution is 2.27. The van der Waals surface area contributed by atoms with Gasteiger partial charge in [-0.25, -0.2) is 19.3 Å². The summed E-state index contributed by atoms with van der Waals surface area (Å²) in [5.74, 6) is 2.13. The van der Waals surface area contributed by atoms with E-state index in [-0.39, 0.29) is 0 Å². The van der Waals surface area contributed by atoms with Gasteiger partial charge in [0.2, 0.25) is 5.95 Å². The Morgan fingerprint density at radius 3 is 2.67 bits per heavy atom. The van der Waals surface area contributed by atoms with Crippen molar-refractivity contribution in [1.29, 1.82) is 0 Å². The molecule has 8 nitrogen and oxygen atoms in total. The maximum atomic E-state index is 11.7. The summed E-state index contributed by atoms with van der Waals surface area (Å²) in [6.07, 6.45) is 1.70. The molecule has 4 aromatic rings. The summed E-state index contributed by atoms with van der Waals surface area (Å²) in [4.78, 5) is 16.1. The van der Waals surface area contributed by atoms with Gasteiger partial charge in [0, 0.05) is 31.7 Å². The number of anilines is 4. The summed E-state index contributed by atoms with van der Waals surface area (Å²) >= 11 is 0. The van der Waals surface area contributed by atoms with E-state index in [0.717, 1.165) is 39.6 Å². The number of benzene rings is 2. The van der Waals surface area contributed by atoms with E-state index in [0.29, 0.717) is 10.8 Å². The molecule has 1 atom stereocenters. The van der Waals surface area contributed by atoms with E-state index in [1.165, 1.54) is 0 Å². The molecule has 0 saturated heterocycles. The van der Waals surface area contributed by atoms with Gasteiger partial charge in [0.1, 0.15) is 22.6 Å². The Kier molecular flexibility index (Phi) is 5.23. The van der Waals surface area contributed by atoms with Crippen molar-refractivity contribution in [1.82, 2.24) is 19.5 Å². The fraction of sp³-hybridized carbons (Fsp3) is 0.190. The van der Waals surface area contributed by atoms with Gasteiger partial charge in [0.05, 0.1) is 15.9 Å². The van der Waals surface area contributed by atoms with Crippen LogP contribution in [-0.2, 0) is 18.0 Å². The first-order chi connectivity index (χ1) is 14.3. The number of nitrogens with zero attached hydrogens (tertiary/aromatic N) is 5. The molecule has 0 amide bonds. The Balaban J connectivity index is 1.61. The molecule has 1 unspecified atom stereocenters. The Morgan fingerprint density at radius 2 is 1.90 bits per heavy atom. The molecule has 0 fully saturated rings. The normalized spacial score (nSPS) is 12.2. The zero-order valence-corrected chi connectivity index (χ0v) is 18.1. The second-order valence-electron chi connectivity index (χ2n) is 7.09. The van der Waals surface area contributed by atoms with Crippen LogP contribution >= 0.6 is 0 Å². The van der Waals surface area contributed by atoms with E-state index in [1.54, 1.807) is 12.3 Å². The SMILES string of the molecule is Cc1ccc(Nc2nccc(N(C)c3ccc4c(c3)nc(C)n4C)n2)cc1S(N)=O. The number of fused-ring (bicyclic) bond motifs is 1. The summed E-state index contributed by atoms with van der Waals surface area (Å²) < 4.78 is 13.8. The predicted octanol–water partition coefficient (Wildman–Crippen LogP) is 3.47. The van der Waals surface area contributed by atoms with Crippen molar-refractivity contribution in [3.8, 4) is 0 Å². The molecule has 3 N–H and O–H groups in total. The molecule has 9 heteroatoms. The fourth-order valence-electron chi connectivity index (χ4n) is 3.27. The van der Waals surface area contributed by atoms with Gasteiger partial charge in [-0.1, -0.05) is 6.07 Å². The molecule has 0 radical (unpaired) electrons. The Bertz CT molecular complexity index is 1270. The van der Waals surface area contributed by atoms with E-state index in [2.05, 4.69) is 30.9 Å². The van der Waals surface area contributed by atoms with Gasteiger partial charge >= 0.3 is 0 Å². The largest absolute Gasteiger partial charge is 0.331 e. The first kappa shape index (κ1) is 20.0. The Morgan fingerprint density at radius 1 is 1.10 bits per heavy atom. The third kappa shape index (κ3) is 3.77. The maximum absolute atomic E-state index is 11.7. The molecule has 0 saturated carbocycles. The minimum Gasteiger partial charge on any atom is -0.331 e. The van der Waals surface area contributed by atoms with Crippen molar-refractivity contribution >= 4 is 45.2 Å². The van der Waals surface area contributed by atoms with Gasteiger partial charge in [-0.2, -0.15) is 4.98 Å². The average Bonchev–Trinajstić information content (AvgIpc) is 3.02. The van der Waals surface area contributed by atoms with E-state index in [9.17, 15) is 4.21 Å². The maximum Gasteiger partial charge on any atom is 0.229 e. The first-order valence-corrected chi connectivity index (χ1v) is 10.6. The van der Waals surface area contributed by atoms with E-state index >= 15 is 0 Å². The molecular weight excluding hydrogens is 398 g/mol. The average molecular weight is 422 g/mol. The highest BCUT2D eigenvalue weighted by Gasteiger charge is 2.11. The molecule has 0 aliphatic carbocycles. The Hall–Kier alpha value is -3.30. The van der Waals surface area contributed by atoms with Crippen LogP contribution in [0.4, 0.5) is 23.1 Å². The van der Waals surface area contributed by atoms with Crippen LogP contribution in [0.1, 0.15) is 11.4 Å². The third-order valence-electron chi connectivity index (χ3n) is 5.12. The molecule has 4 rings (SSSR count). The van der Waals surface area contributed by atoms with Gasteiger partial charge < -0.3 is 14.8 Å². The number of aryl methyl sites for hydroxylation is 3. The Labute approximate surface area is 177 Å². The van der Waals surface area contributed by atoms with Gasteiger partial charge in [0.25, 0.3) is 0 Å². The second kappa shape index (κ2) is 7.85. The van der Waals surface area contributed by atoms with E-state index < -0.39 is 11.0 Å². The van der Waals surface area contributed by atoms with Crippen LogP contribution in [0.15, 0.2) is 53.6 Å². The van der Waals surface area contributed by atoms with Gasteiger partial charge in [-0.05, 0) is 55.8 Å². The molecule has 0 aliphatic heterocycles. The number of aromatic nitrogens is 4.